The largest absolute Gasteiger partial charge is 0.479 e. The molecule has 18 heavy (non-hydrogen) atoms. The number of nitrogens with one attached hydrogen (secondary N) is 2. The maximum Gasteiger partial charge on any atom is 0.332 e. The molecular formula is C10H12BrN3O4. The Balaban J connectivity index is 2.32. The molecule has 4 N–H and O–H groups in total. The van der Waals surface area contributed by atoms with Gasteiger partial charge in [0.15, 0.2) is 6.10 Å². The number of carbonyl (C=O) groups is 2. The zero-order valence-corrected chi connectivity index (χ0v) is 10.8. The van der Waals surface area contributed by atoms with Crippen LogP contribution < -0.4 is 10.6 Å². The number of aliphatic carboxylic acids is 1. The highest BCUT2D eigenvalue weighted by atomic mass is 79.9. The van der Waals surface area contributed by atoms with Crippen molar-refractivity contribution in [1.29, 1.82) is 0 Å². The van der Waals surface area contributed by atoms with Gasteiger partial charge in [0.25, 0.3) is 0 Å². The highest BCUT2D eigenvalue weighted by Gasteiger charge is 2.12. The van der Waals surface area contributed by atoms with Crippen molar-refractivity contribution in [3.8, 4) is 0 Å². The van der Waals surface area contributed by atoms with Crippen LogP contribution in [0.2, 0.25) is 0 Å². The summed E-state index contributed by atoms with van der Waals surface area (Å²) in [4.78, 5) is 25.6. The quantitative estimate of drug-likeness (QED) is 0.642. The van der Waals surface area contributed by atoms with Gasteiger partial charge in [0.05, 0.1) is 11.9 Å². The Morgan fingerprint density at radius 3 is 2.78 bits per heavy atom. The second-order valence-electron chi connectivity index (χ2n) is 3.42. The lowest BCUT2D eigenvalue weighted by molar-refractivity contribution is -0.146. The van der Waals surface area contributed by atoms with E-state index in [0.717, 1.165) is 4.47 Å². The van der Waals surface area contributed by atoms with Crippen molar-refractivity contribution in [3.63, 3.8) is 0 Å². The minimum Gasteiger partial charge on any atom is -0.479 e. The molecule has 0 fully saturated rings. The van der Waals surface area contributed by atoms with Gasteiger partial charge < -0.3 is 20.8 Å². The SMILES string of the molecule is O=C(NCCC(O)C(=O)O)Nc1cncc(Br)c1. The zero-order chi connectivity index (χ0) is 13.5. The predicted molar refractivity (Wildman–Crippen MR) is 67.2 cm³/mol. The number of urea groups is 1. The zero-order valence-electron chi connectivity index (χ0n) is 9.26. The van der Waals surface area contributed by atoms with Crippen molar-refractivity contribution in [2.24, 2.45) is 0 Å². The van der Waals surface area contributed by atoms with Crippen LogP contribution in [0, 0.1) is 0 Å². The van der Waals surface area contributed by atoms with Gasteiger partial charge in [-0.3, -0.25) is 4.98 Å². The molecule has 0 saturated carbocycles. The summed E-state index contributed by atoms with van der Waals surface area (Å²) in [7, 11) is 0. The average Bonchev–Trinajstić information content (AvgIpc) is 2.28. The third kappa shape index (κ3) is 5.11. The van der Waals surface area contributed by atoms with Crippen molar-refractivity contribution in [3.05, 3.63) is 22.9 Å². The first kappa shape index (κ1) is 14.4. The lowest BCUT2D eigenvalue weighted by Gasteiger charge is -2.08. The smallest absolute Gasteiger partial charge is 0.332 e. The molecule has 0 aliphatic carbocycles. The summed E-state index contributed by atoms with van der Waals surface area (Å²) in [5.74, 6) is -1.31. The number of aromatic nitrogens is 1. The molecule has 7 nitrogen and oxygen atoms in total. The van der Waals surface area contributed by atoms with Gasteiger partial charge in [-0.05, 0) is 22.0 Å². The number of carboxylic acid groups (broad SMARTS) is 1. The van der Waals surface area contributed by atoms with E-state index in [1.807, 2.05) is 0 Å². The van der Waals surface area contributed by atoms with Crippen LogP contribution >= 0.6 is 15.9 Å². The number of halogens is 1. The fourth-order valence-corrected chi connectivity index (χ4v) is 1.47. The van der Waals surface area contributed by atoms with E-state index in [-0.39, 0.29) is 13.0 Å². The molecule has 0 saturated heterocycles. The summed E-state index contributed by atoms with van der Waals surface area (Å²) in [6.07, 6.45) is 1.51. The van der Waals surface area contributed by atoms with Gasteiger partial charge in [-0.1, -0.05) is 0 Å². The van der Waals surface area contributed by atoms with E-state index < -0.39 is 18.1 Å². The summed E-state index contributed by atoms with van der Waals surface area (Å²) in [6, 6.07) is 1.17. The lowest BCUT2D eigenvalue weighted by atomic mass is 10.2. The van der Waals surface area contributed by atoms with Crippen LogP contribution in [0.1, 0.15) is 6.42 Å². The van der Waals surface area contributed by atoms with Crippen LogP contribution in [-0.2, 0) is 4.79 Å². The van der Waals surface area contributed by atoms with Gasteiger partial charge in [0.1, 0.15) is 0 Å². The Bertz CT molecular complexity index is 441. The number of pyridine rings is 1. The third-order valence-corrected chi connectivity index (χ3v) is 2.38. The van der Waals surface area contributed by atoms with Crippen molar-refractivity contribution in [2.75, 3.05) is 11.9 Å². The lowest BCUT2D eigenvalue weighted by Crippen LogP contribution is -2.33. The van der Waals surface area contributed by atoms with E-state index in [1.165, 1.54) is 6.20 Å². The van der Waals surface area contributed by atoms with Gasteiger partial charge in [0.2, 0.25) is 0 Å². The van der Waals surface area contributed by atoms with Crippen LogP contribution in [0.15, 0.2) is 22.9 Å². The standard InChI is InChI=1S/C10H12BrN3O4/c11-6-3-7(5-12-4-6)14-10(18)13-2-1-8(15)9(16)17/h3-5,8,15H,1-2H2,(H,16,17)(H2,13,14,18). The highest BCUT2D eigenvalue weighted by Crippen LogP contribution is 2.13. The van der Waals surface area contributed by atoms with Crippen LogP contribution in [0.4, 0.5) is 10.5 Å². The molecule has 1 aromatic rings. The van der Waals surface area contributed by atoms with Crippen molar-refractivity contribution in [2.45, 2.75) is 12.5 Å². The number of aliphatic hydroxyl groups excluding tert-OH is 1. The van der Waals surface area contributed by atoms with Crippen LogP contribution in [0.5, 0.6) is 0 Å². The number of rotatable bonds is 5. The Kier molecular flexibility index (Phi) is 5.53. The Morgan fingerprint density at radius 1 is 1.44 bits per heavy atom. The van der Waals surface area contributed by atoms with Crippen LogP contribution in [0.25, 0.3) is 0 Å². The van der Waals surface area contributed by atoms with E-state index in [4.69, 9.17) is 10.2 Å². The van der Waals surface area contributed by atoms with Gasteiger partial charge >= 0.3 is 12.0 Å². The average molecular weight is 318 g/mol. The molecule has 0 bridgehead atoms. The van der Waals surface area contributed by atoms with E-state index in [0.29, 0.717) is 5.69 Å². The summed E-state index contributed by atoms with van der Waals surface area (Å²) in [6.45, 7) is 0.0563. The summed E-state index contributed by atoms with van der Waals surface area (Å²) >= 11 is 3.21. The first-order chi connectivity index (χ1) is 8.49. The monoisotopic (exact) mass is 317 g/mol. The summed E-state index contributed by atoms with van der Waals surface area (Å²) < 4.78 is 0.724. The molecule has 0 aliphatic rings. The van der Waals surface area contributed by atoms with Gasteiger partial charge in [-0.25, -0.2) is 9.59 Å². The Hall–Kier alpha value is -1.67. The molecule has 2 amide bonds. The molecule has 1 atom stereocenters. The maximum absolute atomic E-state index is 11.4. The number of carboxylic acids is 1. The van der Waals surface area contributed by atoms with Crippen molar-refractivity contribution < 1.29 is 19.8 Å². The number of hydrogen-bond donors (Lipinski definition) is 4. The molecule has 0 spiro atoms. The first-order valence-corrected chi connectivity index (χ1v) is 5.84. The minimum atomic E-state index is -1.47. The molecule has 1 heterocycles. The van der Waals surface area contributed by atoms with Crippen LogP contribution in [-0.4, -0.2) is 39.8 Å². The number of aliphatic hydroxyl groups is 1. The molecule has 1 rings (SSSR count). The number of carbonyl (C=O) groups excluding carboxylic acids is 1. The van der Waals surface area contributed by atoms with E-state index in [1.54, 1.807) is 12.3 Å². The normalized spacial score (nSPS) is 11.7. The molecule has 1 aromatic heterocycles. The fourth-order valence-electron chi connectivity index (χ4n) is 1.10. The van der Waals surface area contributed by atoms with Gasteiger partial charge in [0, 0.05) is 23.6 Å². The second kappa shape index (κ2) is 6.92. The predicted octanol–water partition coefficient (Wildman–Crippen LogP) is 0.801. The molecule has 98 valence electrons. The highest BCUT2D eigenvalue weighted by molar-refractivity contribution is 9.10. The summed E-state index contributed by atoms with van der Waals surface area (Å²) in [5.41, 5.74) is 0.501. The number of amides is 2. The molecule has 8 heteroatoms. The number of anilines is 1. The van der Waals surface area contributed by atoms with E-state index >= 15 is 0 Å². The van der Waals surface area contributed by atoms with Gasteiger partial charge in [-0.15, -0.1) is 0 Å². The molecule has 0 aromatic carbocycles. The van der Waals surface area contributed by atoms with E-state index in [9.17, 15) is 9.59 Å². The van der Waals surface area contributed by atoms with Crippen molar-refractivity contribution in [1.82, 2.24) is 10.3 Å². The topological polar surface area (TPSA) is 112 Å². The first-order valence-electron chi connectivity index (χ1n) is 5.05. The maximum atomic E-state index is 11.4. The summed E-state index contributed by atoms with van der Waals surface area (Å²) in [5, 5.41) is 22.3. The number of hydrogen-bond acceptors (Lipinski definition) is 4. The molecule has 1 unspecified atom stereocenters. The van der Waals surface area contributed by atoms with Crippen LogP contribution in [0.3, 0.4) is 0 Å². The Morgan fingerprint density at radius 2 is 2.17 bits per heavy atom. The molecule has 0 radical (unpaired) electrons. The minimum absolute atomic E-state index is 0.0561. The fraction of sp³-hybridized carbons (Fsp3) is 0.300. The Labute approximate surface area is 111 Å². The molecular weight excluding hydrogens is 306 g/mol. The van der Waals surface area contributed by atoms with Crippen molar-refractivity contribution >= 4 is 33.6 Å². The second-order valence-corrected chi connectivity index (χ2v) is 4.33. The molecule has 0 aliphatic heterocycles. The van der Waals surface area contributed by atoms with Gasteiger partial charge in [-0.2, -0.15) is 0 Å². The number of nitrogens with zero attached hydrogens (tertiary/aromatic N) is 1. The third-order valence-electron chi connectivity index (χ3n) is 1.95. The van der Waals surface area contributed by atoms with E-state index in [2.05, 4.69) is 31.5 Å².